The average molecular weight is 522 g/mol. The summed E-state index contributed by atoms with van der Waals surface area (Å²) < 4.78 is 5.99. The fourth-order valence-corrected chi connectivity index (χ4v) is 4.18. The number of aromatic hydroxyl groups is 1. The molecule has 30 heavy (non-hydrogen) atoms. The third-order valence-corrected chi connectivity index (χ3v) is 6.02. The van der Waals surface area contributed by atoms with Gasteiger partial charge in [0.05, 0.1) is 22.9 Å². The second-order valence-electron chi connectivity index (χ2n) is 7.38. The molecule has 0 aromatic heterocycles. The number of rotatable bonds is 11. The normalized spacial score (nSPS) is 14.8. The van der Waals surface area contributed by atoms with Crippen LogP contribution in [0.25, 0.3) is 6.08 Å². The number of halogens is 1. The Morgan fingerprint density at radius 1 is 1.17 bits per heavy atom. The summed E-state index contributed by atoms with van der Waals surface area (Å²) in [5.74, 6) is 0.151. The molecule has 0 amide bonds. The van der Waals surface area contributed by atoms with E-state index in [1.165, 1.54) is 12.7 Å². The third-order valence-electron chi connectivity index (χ3n) is 5.20. The summed E-state index contributed by atoms with van der Waals surface area (Å²) in [6, 6.07) is 13.1. The lowest BCUT2D eigenvalue weighted by Crippen LogP contribution is -2.25. The van der Waals surface area contributed by atoms with E-state index in [-0.39, 0.29) is 5.75 Å². The Hall–Kier alpha value is -1.83. The predicted octanol–water partition coefficient (Wildman–Crippen LogP) is 5.87. The van der Waals surface area contributed by atoms with Gasteiger partial charge in [-0.15, -0.1) is 6.58 Å². The van der Waals surface area contributed by atoms with Gasteiger partial charge in [0.1, 0.15) is 0 Å². The fraction of sp³-hybridized carbons (Fsp3) is 0.360. The number of ether oxygens (including phenoxy) is 1. The zero-order chi connectivity index (χ0) is 22.1. The van der Waals surface area contributed by atoms with Crippen molar-refractivity contribution in [2.75, 3.05) is 7.11 Å². The van der Waals surface area contributed by atoms with Gasteiger partial charge in [-0.05, 0) is 65.1 Å². The van der Waals surface area contributed by atoms with Crippen LogP contribution < -0.4 is 4.74 Å². The second-order valence-corrected chi connectivity index (χ2v) is 8.54. The molecule has 0 spiro atoms. The number of aliphatic hydroxyl groups excluding tert-OH is 2. The molecule has 0 aliphatic rings. The molecule has 0 aliphatic carbocycles. The molecule has 0 saturated heterocycles. The van der Waals surface area contributed by atoms with E-state index in [0.29, 0.717) is 18.6 Å². The maximum absolute atomic E-state index is 10.8. The highest BCUT2D eigenvalue weighted by Gasteiger charge is 2.25. The first-order valence-electron chi connectivity index (χ1n) is 10.2. The molecule has 2 aromatic rings. The SMILES string of the molecule is C=C[C@H]([C@H](O)CC/C(=C/c1cc(I)c(O)c(OC)c1)CCC)[C@H](O)c1ccccc1. The number of phenols is 1. The van der Waals surface area contributed by atoms with Crippen molar-refractivity contribution in [1.82, 2.24) is 0 Å². The maximum Gasteiger partial charge on any atom is 0.171 e. The lowest BCUT2D eigenvalue weighted by molar-refractivity contribution is 0.0318. The number of allylic oxidation sites excluding steroid dienone is 1. The monoisotopic (exact) mass is 522 g/mol. The van der Waals surface area contributed by atoms with E-state index in [9.17, 15) is 15.3 Å². The molecular weight excluding hydrogens is 491 g/mol. The van der Waals surface area contributed by atoms with Crippen LogP contribution in [0.3, 0.4) is 0 Å². The van der Waals surface area contributed by atoms with Gasteiger partial charge in [-0.2, -0.15) is 0 Å². The number of benzene rings is 2. The van der Waals surface area contributed by atoms with Gasteiger partial charge in [0.25, 0.3) is 0 Å². The largest absolute Gasteiger partial charge is 0.504 e. The van der Waals surface area contributed by atoms with Crippen molar-refractivity contribution < 1.29 is 20.1 Å². The predicted molar refractivity (Wildman–Crippen MR) is 131 cm³/mol. The minimum Gasteiger partial charge on any atom is -0.504 e. The molecule has 5 heteroatoms. The van der Waals surface area contributed by atoms with Gasteiger partial charge in [-0.25, -0.2) is 0 Å². The molecule has 0 radical (unpaired) electrons. The summed E-state index contributed by atoms with van der Waals surface area (Å²) in [6.07, 6.45) is 5.38. The second kappa shape index (κ2) is 12.1. The first kappa shape index (κ1) is 24.4. The van der Waals surface area contributed by atoms with E-state index < -0.39 is 18.1 Å². The van der Waals surface area contributed by atoms with Gasteiger partial charge < -0.3 is 20.1 Å². The lowest BCUT2D eigenvalue weighted by Gasteiger charge is -2.25. The third kappa shape index (κ3) is 6.59. The minimum atomic E-state index is -0.791. The molecule has 4 nitrogen and oxygen atoms in total. The van der Waals surface area contributed by atoms with Crippen LogP contribution in [0.5, 0.6) is 11.5 Å². The van der Waals surface area contributed by atoms with E-state index in [0.717, 1.165) is 27.5 Å². The molecular formula is C25H31IO4. The molecule has 0 bridgehead atoms. The molecule has 0 heterocycles. The Morgan fingerprint density at radius 2 is 1.87 bits per heavy atom. The van der Waals surface area contributed by atoms with Crippen LogP contribution in [0.4, 0.5) is 0 Å². The molecule has 3 N–H and O–H groups in total. The zero-order valence-corrected chi connectivity index (χ0v) is 19.7. The summed E-state index contributed by atoms with van der Waals surface area (Å²) in [5.41, 5.74) is 2.94. The van der Waals surface area contributed by atoms with Gasteiger partial charge in [0, 0.05) is 5.92 Å². The number of phenolic OH excluding ortho intramolecular Hbond substituents is 1. The lowest BCUT2D eigenvalue weighted by atomic mass is 9.87. The number of hydrogen-bond acceptors (Lipinski definition) is 4. The fourth-order valence-electron chi connectivity index (χ4n) is 3.55. The van der Waals surface area contributed by atoms with Crippen LogP contribution in [-0.2, 0) is 0 Å². The molecule has 0 unspecified atom stereocenters. The highest BCUT2D eigenvalue weighted by atomic mass is 127. The molecule has 0 aliphatic heterocycles. The minimum absolute atomic E-state index is 0.145. The van der Waals surface area contributed by atoms with Gasteiger partial charge in [0.2, 0.25) is 0 Å². The summed E-state index contributed by atoms with van der Waals surface area (Å²) in [7, 11) is 1.54. The maximum atomic E-state index is 10.8. The van der Waals surface area contributed by atoms with E-state index in [1.807, 2.05) is 42.5 Å². The molecule has 0 saturated carbocycles. The number of aliphatic hydroxyl groups is 2. The van der Waals surface area contributed by atoms with Gasteiger partial charge in [-0.3, -0.25) is 0 Å². The Balaban J connectivity index is 2.14. The van der Waals surface area contributed by atoms with Crippen LogP contribution in [0.15, 0.2) is 60.7 Å². The Morgan fingerprint density at radius 3 is 2.47 bits per heavy atom. The van der Waals surface area contributed by atoms with E-state index in [4.69, 9.17) is 4.74 Å². The van der Waals surface area contributed by atoms with E-state index in [1.54, 1.807) is 6.08 Å². The van der Waals surface area contributed by atoms with E-state index >= 15 is 0 Å². The van der Waals surface area contributed by atoms with Crippen LogP contribution >= 0.6 is 22.6 Å². The highest BCUT2D eigenvalue weighted by molar-refractivity contribution is 14.1. The van der Waals surface area contributed by atoms with Crippen molar-refractivity contribution in [2.45, 2.75) is 44.8 Å². The molecule has 3 atom stereocenters. The van der Waals surface area contributed by atoms with Crippen LogP contribution in [-0.4, -0.2) is 28.5 Å². The average Bonchev–Trinajstić information content (AvgIpc) is 2.75. The standard InChI is InChI=1S/C25H31IO4/c1-4-9-17(14-18-15-21(26)25(29)23(16-18)30-3)12-13-22(27)20(5-2)24(28)19-10-7-6-8-11-19/h5-8,10-11,14-16,20,22,24,27-29H,2,4,9,12-13H2,1,3H3/b17-14+/t20-,22-,24-/m1/s1. The van der Waals surface area contributed by atoms with Crippen molar-refractivity contribution in [1.29, 1.82) is 0 Å². The zero-order valence-electron chi connectivity index (χ0n) is 17.6. The van der Waals surface area contributed by atoms with E-state index in [2.05, 4.69) is 42.2 Å². The van der Waals surface area contributed by atoms with Crippen molar-refractivity contribution in [3.8, 4) is 11.5 Å². The van der Waals surface area contributed by atoms with Gasteiger partial charge in [0.15, 0.2) is 11.5 Å². The molecule has 2 aromatic carbocycles. The summed E-state index contributed by atoms with van der Waals surface area (Å²) in [5, 5.41) is 31.5. The quantitative estimate of drug-likeness (QED) is 0.255. The topological polar surface area (TPSA) is 69.9 Å². The number of methoxy groups -OCH3 is 1. The summed E-state index contributed by atoms with van der Waals surface area (Å²) >= 11 is 2.09. The summed E-state index contributed by atoms with van der Waals surface area (Å²) in [6.45, 7) is 5.95. The smallest absolute Gasteiger partial charge is 0.171 e. The van der Waals surface area contributed by atoms with Crippen molar-refractivity contribution >= 4 is 28.7 Å². The Labute approximate surface area is 193 Å². The van der Waals surface area contributed by atoms with Crippen LogP contribution in [0.2, 0.25) is 0 Å². The van der Waals surface area contributed by atoms with Crippen LogP contribution in [0, 0.1) is 9.49 Å². The Bertz CT molecular complexity index is 848. The first-order valence-corrected chi connectivity index (χ1v) is 11.3. The van der Waals surface area contributed by atoms with Crippen molar-refractivity contribution in [3.05, 3.63) is 75.4 Å². The molecule has 2 rings (SSSR count). The summed E-state index contributed by atoms with van der Waals surface area (Å²) in [4.78, 5) is 0. The van der Waals surface area contributed by atoms with Gasteiger partial charge in [-0.1, -0.05) is 61.4 Å². The molecule has 0 fully saturated rings. The first-order chi connectivity index (χ1) is 14.4. The van der Waals surface area contributed by atoms with Gasteiger partial charge >= 0.3 is 0 Å². The van der Waals surface area contributed by atoms with Crippen molar-refractivity contribution in [3.63, 3.8) is 0 Å². The molecule has 162 valence electrons. The highest BCUT2D eigenvalue weighted by Crippen LogP contribution is 2.34. The number of hydrogen-bond donors (Lipinski definition) is 3. The van der Waals surface area contributed by atoms with Crippen LogP contribution in [0.1, 0.15) is 49.8 Å². The Kier molecular flexibility index (Phi) is 9.88. The van der Waals surface area contributed by atoms with Crippen molar-refractivity contribution in [2.24, 2.45) is 5.92 Å².